The van der Waals surface area contributed by atoms with Gasteiger partial charge in [-0.2, -0.15) is 0 Å². The van der Waals surface area contributed by atoms with Crippen LogP contribution in [0, 0.1) is 6.92 Å². The van der Waals surface area contributed by atoms with Gasteiger partial charge in [-0.15, -0.1) is 0 Å². The van der Waals surface area contributed by atoms with Crippen molar-refractivity contribution in [1.82, 2.24) is 10.3 Å². The lowest BCUT2D eigenvalue weighted by Crippen LogP contribution is -2.35. The first kappa shape index (κ1) is 23.4. The van der Waals surface area contributed by atoms with Gasteiger partial charge in [0.15, 0.2) is 17.3 Å². The van der Waals surface area contributed by atoms with E-state index in [0.29, 0.717) is 51.9 Å². The predicted octanol–water partition coefficient (Wildman–Crippen LogP) is 4.02. The number of carbonyl (C=O) groups excluding carboxylic acids is 2. The minimum atomic E-state index is -0.595. The molecule has 1 amide bonds. The van der Waals surface area contributed by atoms with E-state index in [1.54, 1.807) is 24.4 Å². The molecular weight excluding hydrogens is 434 g/mol. The molecule has 0 saturated heterocycles. The third-order valence-electron chi connectivity index (χ3n) is 6.20. The van der Waals surface area contributed by atoms with Crippen molar-refractivity contribution in [1.29, 1.82) is 0 Å². The van der Waals surface area contributed by atoms with Crippen LogP contribution in [0.4, 0.5) is 5.82 Å². The molecule has 1 aromatic heterocycles. The molecule has 2 aromatic rings. The molecule has 178 valence electrons. The maximum Gasteiger partial charge on any atom is 0.255 e. The molecule has 0 saturated carbocycles. The van der Waals surface area contributed by atoms with Gasteiger partial charge >= 0.3 is 0 Å². The highest BCUT2D eigenvalue weighted by atomic mass is 16.5. The molecule has 4 rings (SSSR count). The number of ether oxygens (including phenoxy) is 3. The van der Waals surface area contributed by atoms with E-state index in [0.717, 1.165) is 24.1 Å². The number of nitrogens with zero attached hydrogens (tertiary/aromatic N) is 1. The Labute approximate surface area is 199 Å². The third kappa shape index (κ3) is 4.23. The number of pyridine rings is 1. The van der Waals surface area contributed by atoms with Gasteiger partial charge in [0, 0.05) is 41.1 Å². The van der Waals surface area contributed by atoms with E-state index in [1.807, 2.05) is 19.9 Å². The summed E-state index contributed by atoms with van der Waals surface area (Å²) in [5, 5.41) is 6.23. The lowest BCUT2D eigenvalue weighted by molar-refractivity contribution is -0.116. The number of methoxy groups -OCH3 is 3. The van der Waals surface area contributed by atoms with Crippen LogP contribution in [0.25, 0.3) is 0 Å². The van der Waals surface area contributed by atoms with Crippen molar-refractivity contribution in [2.24, 2.45) is 0 Å². The zero-order valence-corrected chi connectivity index (χ0v) is 20.1. The minimum Gasteiger partial charge on any atom is -0.493 e. The molecule has 0 bridgehead atoms. The van der Waals surface area contributed by atoms with Crippen molar-refractivity contribution >= 4 is 17.5 Å². The number of ketones is 1. The Bertz CT molecular complexity index is 1190. The van der Waals surface area contributed by atoms with E-state index in [-0.39, 0.29) is 11.7 Å². The first-order valence-electron chi connectivity index (χ1n) is 11.2. The van der Waals surface area contributed by atoms with Crippen LogP contribution in [0.5, 0.6) is 17.2 Å². The zero-order chi connectivity index (χ0) is 24.4. The van der Waals surface area contributed by atoms with E-state index < -0.39 is 5.92 Å². The number of anilines is 1. The number of nitrogens with one attached hydrogen (secondary N) is 2. The number of rotatable bonds is 6. The molecule has 2 heterocycles. The molecule has 34 heavy (non-hydrogen) atoms. The first-order chi connectivity index (χ1) is 16.4. The van der Waals surface area contributed by atoms with E-state index in [2.05, 4.69) is 15.6 Å². The fraction of sp³-hybridized carbons (Fsp3) is 0.346. The molecule has 0 fully saturated rings. The summed E-state index contributed by atoms with van der Waals surface area (Å²) in [5.41, 5.74) is 4.29. The summed E-state index contributed by atoms with van der Waals surface area (Å²) in [4.78, 5) is 31.0. The summed E-state index contributed by atoms with van der Waals surface area (Å²) in [6.07, 6.45) is 3.60. The van der Waals surface area contributed by atoms with Crippen LogP contribution < -0.4 is 24.8 Å². The maximum absolute atomic E-state index is 13.6. The van der Waals surface area contributed by atoms with E-state index in [1.165, 1.54) is 21.3 Å². The molecular formula is C26H29N3O5. The Balaban J connectivity index is 1.87. The standard InChI is InChI=1S/C26H29N3O5/c1-14-9-10-27-21(11-14)29-26(31)22-15(2)28-17-7-6-8-18(30)24(17)23(22)16-12-19(32-3)25(34-5)20(13-16)33-4/h9-13,23,28H,6-8H2,1-5H3,(H,27,29,31). The van der Waals surface area contributed by atoms with Gasteiger partial charge in [-0.25, -0.2) is 4.98 Å². The van der Waals surface area contributed by atoms with Crippen molar-refractivity contribution < 1.29 is 23.8 Å². The smallest absolute Gasteiger partial charge is 0.255 e. The Kier molecular flexibility index (Phi) is 6.58. The summed E-state index contributed by atoms with van der Waals surface area (Å²) >= 11 is 0. The number of benzene rings is 1. The lowest BCUT2D eigenvalue weighted by atomic mass is 9.75. The summed E-state index contributed by atoms with van der Waals surface area (Å²) in [7, 11) is 4.61. The van der Waals surface area contributed by atoms with Crippen molar-refractivity contribution in [2.45, 2.75) is 39.0 Å². The molecule has 2 aliphatic rings. The molecule has 0 spiro atoms. The Hall–Kier alpha value is -3.81. The number of carbonyl (C=O) groups is 2. The lowest BCUT2D eigenvalue weighted by Gasteiger charge is -2.34. The second kappa shape index (κ2) is 9.59. The number of allylic oxidation sites excluding steroid dienone is 3. The molecule has 1 aliphatic heterocycles. The highest BCUT2D eigenvalue weighted by Crippen LogP contribution is 2.47. The van der Waals surface area contributed by atoms with Gasteiger partial charge in [-0.3, -0.25) is 9.59 Å². The van der Waals surface area contributed by atoms with Crippen molar-refractivity contribution in [3.8, 4) is 17.2 Å². The average molecular weight is 464 g/mol. The Morgan fingerprint density at radius 2 is 1.76 bits per heavy atom. The zero-order valence-electron chi connectivity index (χ0n) is 20.1. The van der Waals surface area contributed by atoms with Gasteiger partial charge in [0.1, 0.15) is 5.82 Å². The number of hydrogen-bond acceptors (Lipinski definition) is 7. The van der Waals surface area contributed by atoms with Crippen molar-refractivity contribution in [3.05, 3.63) is 64.1 Å². The van der Waals surface area contributed by atoms with E-state index >= 15 is 0 Å². The van der Waals surface area contributed by atoms with Crippen LogP contribution in [0.15, 0.2) is 53.0 Å². The van der Waals surface area contributed by atoms with Crippen LogP contribution in [0.3, 0.4) is 0 Å². The van der Waals surface area contributed by atoms with Gasteiger partial charge in [-0.05, 0) is 62.1 Å². The number of hydrogen-bond donors (Lipinski definition) is 2. The Morgan fingerprint density at radius 3 is 2.38 bits per heavy atom. The van der Waals surface area contributed by atoms with Crippen molar-refractivity contribution in [2.75, 3.05) is 26.6 Å². The normalized spacial score (nSPS) is 17.7. The summed E-state index contributed by atoms with van der Waals surface area (Å²) in [5.74, 6) is 0.914. The third-order valence-corrected chi connectivity index (χ3v) is 6.20. The van der Waals surface area contributed by atoms with Crippen LogP contribution in [-0.2, 0) is 9.59 Å². The van der Waals surface area contributed by atoms with Gasteiger partial charge in [0.25, 0.3) is 5.91 Å². The molecule has 1 atom stereocenters. The van der Waals surface area contributed by atoms with Crippen molar-refractivity contribution in [3.63, 3.8) is 0 Å². The number of aromatic nitrogens is 1. The number of aryl methyl sites for hydroxylation is 1. The first-order valence-corrected chi connectivity index (χ1v) is 11.2. The minimum absolute atomic E-state index is 0.0268. The second-order valence-electron chi connectivity index (χ2n) is 8.40. The molecule has 0 radical (unpaired) electrons. The second-order valence-corrected chi connectivity index (χ2v) is 8.40. The SMILES string of the molecule is COc1cc(C2C(C(=O)Nc3cc(C)ccn3)=C(C)NC3=C2C(=O)CCC3)cc(OC)c1OC. The number of dihydropyridines is 1. The monoisotopic (exact) mass is 463 g/mol. The topological polar surface area (TPSA) is 98.8 Å². The van der Waals surface area contributed by atoms with Crippen LogP contribution in [-0.4, -0.2) is 38.0 Å². The highest BCUT2D eigenvalue weighted by Gasteiger charge is 2.39. The van der Waals surface area contributed by atoms with Crippen LogP contribution >= 0.6 is 0 Å². The number of amides is 1. The van der Waals surface area contributed by atoms with Crippen LogP contribution in [0.1, 0.15) is 43.2 Å². The number of Topliss-reactive ketones (excluding diaryl/α,β-unsaturated/α-hetero) is 1. The van der Waals surface area contributed by atoms with Gasteiger partial charge in [0.2, 0.25) is 5.75 Å². The van der Waals surface area contributed by atoms with Gasteiger partial charge < -0.3 is 24.8 Å². The average Bonchev–Trinajstić information content (AvgIpc) is 2.82. The van der Waals surface area contributed by atoms with Gasteiger partial charge in [0.05, 0.1) is 21.3 Å². The largest absolute Gasteiger partial charge is 0.493 e. The molecule has 1 aliphatic carbocycles. The fourth-order valence-electron chi connectivity index (χ4n) is 4.67. The van der Waals surface area contributed by atoms with E-state index in [9.17, 15) is 9.59 Å². The maximum atomic E-state index is 13.6. The molecule has 1 unspecified atom stereocenters. The Morgan fingerprint density at radius 1 is 1.06 bits per heavy atom. The summed E-state index contributed by atoms with van der Waals surface area (Å²) < 4.78 is 16.6. The summed E-state index contributed by atoms with van der Waals surface area (Å²) in [6.45, 7) is 3.78. The fourth-order valence-corrected chi connectivity index (χ4v) is 4.67. The quantitative estimate of drug-likeness (QED) is 0.668. The van der Waals surface area contributed by atoms with E-state index in [4.69, 9.17) is 14.2 Å². The molecule has 1 aromatic carbocycles. The highest BCUT2D eigenvalue weighted by molar-refractivity contribution is 6.09. The predicted molar refractivity (Wildman–Crippen MR) is 128 cm³/mol. The molecule has 8 nitrogen and oxygen atoms in total. The molecule has 2 N–H and O–H groups in total. The molecule has 8 heteroatoms. The van der Waals surface area contributed by atoms with Gasteiger partial charge in [-0.1, -0.05) is 0 Å². The summed E-state index contributed by atoms with van der Waals surface area (Å²) in [6, 6.07) is 7.26. The van der Waals surface area contributed by atoms with Crippen LogP contribution in [0.2, 0.25) is 0 Å².